The lowest BCUT2D eigenvalue weighted by atomic mass is 10.2. The van der Waals surface area contributed by atoms with Gasteiger partial charge in [-0.2, -0.15) is 0 Å². The van der Waals surface area contributed by atoms with Crippen molar-refractivity contribution in [3.8, 4) is 0 Å². The van der Waals surface area contributed by atoms with Crippen LogP contribution in [0.25, 0.3) is 0 Å². The quantitative estimate of drug-likeness (QED) is 0.744. The highest BCUT2D eigenvalue weighted by molar-refractivity contribution is 9.09. The highest BCUT2D eigenvalue weighted by Crippen LogP contribution is 2.18. The molecule has 1 aromatic rings. The molecule has 0 aliphatic carbocycles. The maximum Gasteiger partial charge on any atom is 0.123 e. The van der Waals surface area contributed by atoms with E-state index in [-0.39, 0.29) is 10.6 Å². The van der Waals surface area contributed by atoms with E-state index in [1.165, 1.54) is 12.1 Å². The molecule has 1 rings (SSSR count). The zero-order valence-corrected chi connectivity index (χ0v) is 12.3. The second-order valence-corrected chi connectivity index (χ2v) is 5.69. The van der Waals surface area contributed by atoms with Crippen molar-refractivity contribution in [1.29, 1.82) is 0 Å². The van der Waals surface area contributed by atoms with E-state index in [1.54, 1.807) is 13.2 Å². The maximum absolute atomic E-state index is 13.1. The normalized spacial score (nSPS) is 13.1. The van der Waals surface area contributed by atoms with Crippen LogP contribution in [0.4, 0.5) is 4.39 Å². The van der Waals surface area contributed by atoms with Crippen molar-refractivity contribution in [2.45, 2.75) is 11.4 Å². The highest BCUT2D eigenvalue weighted by Gasteiger charge is 2.10. The molecular formula is C12H16BrClFNO. The summed E-state index contributed by atoms with van der Waals surface area (Å²) in [6.45, 7) is 2.06. The SMILES string of the molecule is COCC(Br)CN(C)Cc1cc(F)ccc1Cl. The number of nitrogens with zero attached hydrogens (tertiary/aromatic N) is 1. The second-order valence-electron chi connectivity index (χ2n) is 3.99. The molecule has 0 heterocycles. The van der Waals surface area contributed by atoms with E-state index in [9.17, 15) is 4.39 Å². The van der Waals surface area contributed by atoms with E-state index >= 15 is 0 Å². The summed E-state index contributed by atoms with van der Waals surface area (Å²) in [6.07, 6.45) is 0. The zero-order chi connectivity index (χ0) is 12.8. The molecule has 0 aliphatic rings. The maximum atomic E-state index is 13.1. The molecular weight excluding hydrogens is 308 g/mol. The number of hydrogen-bond acceptors (Lipinski definition) is 2. The Morgan fingerprint density at radius 3 is 2.88 bits per heavy atom. The first-order chi connectivity index (χ1) is 8.02. The van der Waals surface area contributed by atoms with Gasteiger partial charge in [0.1, 0.15) is 5.82 Å². The molecule has 0 aromatic heterocycles. The van der Waals surface area contributed by atoms with Crippen LogP contribution in [0.15, 0.2) is 18.2 Å². The molecule has 5 heteroatoms. The lowest BCUT2D eigenvalue weighted by molar-refractivity contribution is 0.185. The third-order valence-corrected chi connectivity index (χ3v) is 3.23. The van der Waals surface area contributed by atoms with E-state index in [4.69, 9.17) is 16.3 Å². The van der Waals surface area contributed by atoms with E-state index in [0.717, 1.165) is 12.1 Å². The average Bonchev–Trinajstić information content (AvgIpc) is 2.23. The summed E-state index contributed by atoms with van der Waals surface area (Å²) >= 11 is 9.52. The molecule has 0 amide bonds. The molecule has 0 aliphatic heterocycles. The van der Waals surface area contributed by atoms with Gasteiger partial charge in [-0.1, -0.05) is 27.5 Å². The Balaban J connectivity index is 2.55. The lowest BCUT2D eigenvalue weighted by Crippen LogP contribution is -2.28. The van der Waals surface area contributed by atoms with Gasteiger partial charge < -0.3 is 9.64 Å². The largest absolute Gasteiger partial charge is 0.383 e. The van der Waals surface area contributed by atoms with Gasteiger partial charge in [0.25, 0.3) is 0 Å². The second kappa shape index (κ2) is 7.31. The minimum absolute atomic E-state index is 0.254. The van der Waals surface area contributed by atoms with Gasteiger partial charge in [0, 0.05) is 25.2 Å². The van der Waals surface area contributed by atoms with Gasteiger partial charge in [-0.15, -0.1) is 0 Å². The van der Waals surface area contributed by atoms with Crippen LogP contribution in [-0.4, -0.2) is 37.0 Å². The minimum Gasteiger partial charge on any atom is -0.383 e. The lowest BCUT2D eigenvalue weighted by Gasteiger charge is -2.20. The first-order valence-corrected chi connectivity index (χ1v) is 6.57. The van der Waals surface area contributed by atoms with Crippen LogP contribution in [0.3, 0.4) is 0 Å². The standard InChI is InChI=1S/C12H16BrClFNO/c1-16(7-10(13)8-17-2)6-9-5-11(15)3-4-12(9)14/h3-5,10H,6-8H2,1-2H3. The van der Waals surface area contributed by atoms with Gasteiger partial charge in [-0.25, -0.2) is 4.39 Å². The van der Waals surface area contributed by atoms with E-state index in [1.807, 2.05) is 7.05 Å². The molecule has 0 spiro atoms. The zero-order valence-electron chi connectivity index (χ0n) is 9.92. The van der Waals surface area contributed by atoms with Crippen LogP contribution >= 0.6 is 27.5 Å². The van der Waals surface area contributed by atoms with Gasteiger partial charge in [0.05, 0.1) is 11.4 Å². The Hall–Kier alpha value is -0.160. The van der Waals surface area contributed by atoms with Crippen LogP contribution in [0.1, 0.15) is 5.56 Å². The summed E-state index contributed by atoms with van der Waals surface area (Å²) in [5, 5.41) is 0.594. The van der Waals surface area contributed by atoms with Gasteiger partial charge >= 0.3 is 0 Å². The van der Waals surface area contributed by atoms with E-state index < -0.39 is 0 Å². The molecule has 96 valence electrons. The van der Waals surface area contributed by atoms with Gasteiger partial charge in [-0.3, -0.25) is 0 Å². The van der Waals surface area contributed by atoms with Crippen molar-refractivity contribution >= 4 is 27.5 Å². The fourth-order valence-electron chi connectivity index (χ4n) is 1.59. The summed E-state index contributed by atoms with van der Waals surface area (Å²) in [5.74, 6) is -0.259. The van der Waals surface area contributed by atoms with E-state index in [2.05, 4.69) is 20.8 Å². The molecule has 0 N–H and O–H groups in total. The molecule has 0 saturated carbocycles. The molecule has 0 radical (unpaired) electrons. The van der Waals surface area contributed by atoms with Gasteiger partial charge in [0.2, 0.25) is 0 Å². The molecule has 0 fully saturated rings. The van der Waals surface area contributed by atoms with Crippen LogP contribution in [-0.2, 0) is 11.3 Å². The highest BCUT2D eigenvalue weighted by atomic mass is 79.9. The Labute approximate surface area is 115 Å². The summed E-state index contributed by atoms with van der Waals surface area (Å²) < 4.78 is 18.1. The first-order valence-electron chi connectivity index (χ1n) is 5.28. The van der Waals surface area contributed by atoms with Crippen molar-refractivity contribution in [3.05, 3.63) is 34.6 Å². The summed E-state index contributed by atoms with van der Waals surface area (Å²) in [7, 11) is 3.63. The van der Waals surface area contributed by atoms with E-state index in [0.29, 0.717) is 18.2 Å². The Morgan fingerprint density at radius 1 is 1.53 bits per heavy atom. The number of methoxy groups -OCH3 is 1. The predicted molar refractivity (Wildman–Crippen MR) is 72.3 cm³/mol. The van der Waals surface area contributed by atoms with Crippen LogP contribution < -0.4 is 0 Å². The Kier molecular flexibility index (Phi) is 6.41. The van der Waals surface area contributed by atoms with Crippen LogP contribution in [0.5, 0.6) is 0 Å². The van der Waals surface area contributed by atoms with Crippen molar-refractivity contribution in [1.82, 2.24) is 4.90 Å². The van der Waals surface area contributed by atoms with Crippen LogP contribution in [0, 0.1) is 5.82 Å². The molecule has 1 atom stereocenters. The van der Waals surface area contributed by atoms with Crippen molar-refractivity contribution in [3.63, 3.8) is 0 Å². The smallest absolute Gasteiger partial charge is 0.123 e. The topological polar surface area (TPSA) is 12.5 Å². The molecule has 2 nitrogen and oxygen atoms in total. The Bertz CT molecular complexity index is 364. The molecule has 0 saturated heterocycles. The van der Waals surface area contributed by atoms with Crippen LogP contribution in [0.2, 0.25) is 5.02 Å². The number of halogens is 3. The fourth-order valence-corrected chi connectivity index (χ4v) is 2.53. The van der Waals surface area contributed by atoms with Crippen molar-refractivity contribution in [2.24, 2.45) is 0 Å². The Morgan fingerprint density at radius 2 is 2.24 bits per heavy atom. The number of rotatable bonds is 6. The van der Waals surface area contributed by atoms with Gasteiger partial charge in [0.15, 0.2) is 0 Å². The number of ether oxygens (including phenoxy) is 1. The average molecular weight is 325 g/mol. The molecule has 17 heavy (non-hydrogen) atoms. The fraction of sp³-hybridized carbons (Fsp3) is 0.500. The minimum atomic E-state index is -0.259. The van der Waals surface area contributed by atoms with Gasteiger partial charge in [-0.05, 0) is 30.8 Å². The number of alkyl halides is 1. The van der Waals surface area contributed by atoms with Crippen molar-refractivity contribution in [2.75, 3.05) is 27.3 Å². The first kappa shape index (κ1) is 14.9. The third kappa shape index (κ3) is 5.34. The molecule has 1 aromatic carbocycles. The number of benzene rings is 1. The summed E-state index contributed by atoms with van der Waals surface area (Å²) in [5.41, 5.74) is 0.797. The predicted octanol–water partition coefficient (Wildman–Crippen LogP) is 3.32. The molecule has 1 unspecified atom stereocenters. The summed E-state index contributed by atoms with van der Waals surface area (Å²) in [4.78, 5) is 2.32. The third-order valence-electron chi connectivity index (χ3n) is 2.31. The summed E-state index contributed by atoms with van der Waals surface area (Å²) in [6, 6.07) is 4.42. The monoisotopic (exact) mass is 323 g/mol. The number of hydrogen-bond donors (Lipinski definition) is 0. The van der Waals surface area contributed by atoms with Crippen molar-refractivity contribution < 1.29 is 9.13 Å². The molecule has 0 bridgehead atoms.